The zero-order valence-electron chi connectivity index (χ0n) is 20.8. The Labute approximate surface area is 225 Å². The summed E-state index contributed by atoms with van der Waals surface area (Å²) in [6.45, 7) is 6.46. The monoisotopic (exact) mass is 534 g/mol. The molecule has 190 valence electrons. The molecular weight excluding hydrogens is 508 g/mol. The van der Waals surface area contributed by atoms with Gasteiger partial charge in [0.15, 0.2) is 0 Å². The van der Waals surface area contributed by atoms with Crippen LogP contribution < -0.4 is 10.2 Å². The molecular formula is C29H27ClN2O4S. The fourth-order valence-corrected chi connectivity index (χ4v) is 4.74. The van der Waals surface area contributed by atoms with Crippen LogP contribution in [0.2, 0.25) is 5.02 Å². The summed E-state index contributed by atoms with van der Waals surface area (Å²) in [6.07, 6.45) is 0.719. The molecule has 1 N–H and O–H groups in total. The normalized spacial score (nSPS) is 13.5. The van der Waals surface area contributed by atoms with E-state index in [1.165, 1.54) is 17.3 Å². The van der Waals surface area contributed by atoms with Crippen LogP contribution in [0.4, 0.5) is 11.4 Å². The molecule has 0 fully saturated rings. The van der Waals surface area contributed by atoms with Crippen molar-refractivity contribution >= 4 is 52.5 Å². The maximum Gasteiger partial charge on any atom is 0.338 e. The third-order valence-corrected chi connectivity index (χ3v) is 7.06. The summed E-state index contributed by atoms with van der Waals surface area (Å²) < 4.78 is 5.17. The molecule has 0 saturated carbocycles. The number of imide groups is 1. The van der Waals surface area contributed by atoms with Gasteiger partial charge in [0, 0.05) is 15.6 Å². The van der Waals surface area contributed by atoms with Crippen LogP contribution in [0.5, 0.6) is 0 Å². The minimum absolute atomic E-state index is 0.189. The van der Waals surface area contributed by atoms with E-state index in [2.05, 4.69) is 19.2 Å². The number of nitrogens with zero attached hydrogens (tertiary/aromatic N) is 1. The van der Waals surface area contributed by atoms with Crippen molar-refractivity contribution in [3.8, 4) is 0 Å². The predicted octanol–water partition coefficient (Wildman–Crippen LogP) is 7.02. The van der Waals surface area contributed by atoms with Gasteiger partial charge in [-0.1, -0.05) is 56.3 Å². The van der Waals surface area contributed by atoms with Gasteiger partial charge in [0.25, 0.3) is 11.8 Å². The van der Waals surface area contributed by atoms with Crippen LogP contribution in [0.1, 0.15) is 49.0 Å². The number of carbonyl (C=O) groups excluding carboxylic acids is 3. The van der Waals surface area contributed by atoms with Crippen LogP contribution in [-0.4, -0.2) is 24.4 Å². The Morgan fingerprint density at radius 1 is 0.946 bits per heavy atom. The van der Waals surface area contributed by atoms with Crippen molar-refractivity contribution in [1.29, 1.82) is 0 Å². The number of rotatable bonds is 9. The highest BCUT2D eigenvalue weighted by molar-refractivity contribution is 8.04. The van der Waals surface area contributed by atoms with E-state index in [0.717, 1.165) is 16.2 Å². The van der Waals surface area contributed by atoms with Crippen molar-refractivity contribution in [3.05, 3.63) is 99.5 Å². The molecule has 37 heavy (non-hydrogen) atoms. The van der Waals surface area contributed by atoms with Crippen LogP contribution in [0.15, 0.2) is 88.3 Å². The van der Waals surface area contributed by atoms with Crippen LogP contribution in [0.3, 0.4) is 0 Å². The lowest BCUT2D eigenvalue weighted by molar-refractivity contribution is -0.120. The molecule has 3 aromatic carbocycles. The maximum atomic E-state index is 13.6. The Hall–Kier alpha value is -3.55. The molecule has 6 nitrogen and oxygen atoms in total. The van der Waals surface area contributed by atoms with Gasteiger partial charge in [-0.2, -0.15) is 0 Å². The van der Waals surface area contributed by atoms with E-state index in [0.29, 0.717) is 34.5 Å². The van der Waals surface area contributed by atoms with Crippen LogP contribution >= 0.6 is 23.4 Å². The van der Waals surface area contributed by atoms with Gasteiger partial charge >= 0.3 is 5.97 Å². The lowest BCUT2D eigenvalue weighted by Gasteiger charge is -2.16. The fourth-order valence-electron chi connectivity index (χ4n) is 3.69. The molecule has 0 aromatic heterocycles. The van der Waals surface area contributed by atoms with Crippen molar-refractivity contribution in [1.82, 2.24) is 0 Å². The van der Waals surface area contributed by atoms with Crippen LogP contribution in [0, 0.1) is 0 Å². The van der Waals surface area contributed by atoms with Crippen LogP contribution in [0.25, 0.3) is 0 Å². The van der Waals surface area contributed by atoms with E-state index in [1.54, 1.807) is 48.5 Å². The number of esters is 1. The van der Waals surface area contributed by atoms with Gasteiger partial charge in [-0.3, -0.25) is 9.59 Å². The Balaban J connectivity index is 1.65. The Kier molecular flexibility index (Phi) is 8.36. The summed E-state index contributed by atoms with van der Waals surface area (Å²) in [7, 11) is 0. The lowest BCUT2D eigenvalue weighted by atomic mass is 10.0. The molecule has 3 aromatic rings. The summed E-state index contributed by atoms with van der Waals surface area (Å²) in [6, 6.07) is 21.1. The zero-order chi connectivity index (χ0) is 26.5. The number of amides is 2. The minimum Gasteiger partial charge on any atom is -0.462 e. The summed E-state index contributed by atoms with van der Waals surface area (Å²) in [5.41, 5.74) is 2.77. The van der Waals surface area contributed by atoms with Gasteiger partial charge in [0.05, 0.1) is 17.9 Å². The van der Waals surface area contributed by atoms with Gasteiger partial charge in [-0.25, -0.2) is 9.69 Å². The number of halogens is 1. The first kappa shape index (κ1) is 26.5. The average molecular weight is 535 g/mol. The molecule has 0 saturated heterocycles. The predicted molar refractivity (Wildman–Crippen MR) is 148 cm³/mol. The minimum atomic E-state index is -0.476. The van der Waals surface area contributed by atoms with Crippen molar-refractivity contribution < 1.29 is 19.1 Å². The maximum absolute atomic E-state index is 13.6. The molecule has 1 heterocycles. The highest BCUT2D eigenvalue weighted by atomic mass is 35.5. The van der Waals surface area contributed by atoms with Gasteiger partial charge in [-0.05, 0) is 78.6 Å². The first-order valence-corrected chi connectivity index (χ1v) is 13.2. The van der Waals surface area contributed by atoms with Gasteiger partial charge < -0.3 is 10.1 Å². The van der Waals surface area contributed by atoms with Crippen molar-refractivity contribution in [2.45, 2.75) is 38.0 Å². The molecule has 0 atom stereocenters. The standard InChI is InChI=1S/C29H27ClN2O4S/c1-4-17-36-29(35)20-7-13-23(14-8-20)32-27(33)25(31-22-11-5-19(6-12-22)18(2)3)26(28(32)34)37-24-15-9-21(30)10-16-24/h5-16,18,31H,4,17H2,1-3H3. The summed E-state index contributed by atoms with van der Waals surface area (Å²) in [4.78, 5) is 41.4. The fraction of sp³-hybridized carbons (Fsp3) is 0.207. The van der Waals surface area contributed by atoms with E-state index in [4.69, 9.17) is 16.3 Å². The zero-order valence-corrected chi connectivity index (χ0v) is 22.4. The van der Waals surface area contributed by atoms with E-state index in [9.17, 15) is 14.4 Å². The average Bonchev–Trinajstić information content (AvgIpc) is 3.12. The second-order valence-corrected chi connectivity index (χ2v) is 10.3. The molecule has 0 bridgehead atoms. The van der Waals surface area contributed by atoms with E-state index in [-0.39, 0.29) is 10.6 Å². The molecule has 0 aliphatic carbocycles. The lowest BCUT2D eigenvalue weighted by Crippen LogP contribution is -2.32. The molecule has 4 rings (SSSR count). The second-order valence-electron chi connectivity index (χ2n) is 8.79. The van der Waals surface area contributed by atoms with Gasteiger partial charge in [0.1, 0.15) is 10.6 Å². The molecule has 0 unspecified atom stereocenters. The number of anilines is 2. The molecule has 2 amide bonds. The van der Waals surface area contributed by atoms with E-state index < -0.39 is 17.8 Å². The molecule has 1 aliphatic heterocycles. The third-order valence-electron chi connectivity index (χ3n) is 5.72. The van der Waals surface area contributed by atoms with Gasteiger partial charge in [-0.15, -0.1) is 0 Å². The topological polar surface area (TPSA) is 75.7 Å². The third kappa shape index (κ3) is 6.06. The molecule has 0 spiro atoms. The first-order chi connectivity index (χ1) is 17.8. The number of nitrogens with one attached hydrogen (secondary N) is 1. The number of hydrogen-bond acceptors (Lipinski definition) is 6. The number of thioether (sulfide) groups is 1. The van der Waals surface area contributed by atoms with Crippen molar-refractivity contribution in [3.63, 3.8) is 0 Å². The number of hydrogen-bond donors (Lipinski definition) is 1. The summed E-state index contributed by atoms with van der Waals surface area (Å²) in [5, 5.41) is 3.75. The first-order valence-electron chi connectivity index (χ1n) is 12.0. The van der Waals surface area contributed by atoms with Crippen molar-refractivity contribution in [2.75, 3.05) is 16.8 Å². The highest BCUT2D eigenvalue weighted by Crippen LogP contribution is 2.38. The number of carbonyl (C=O) groups is 3. The van der Waals surface area contributed by atoms with Crippen LogP contribution in [-0.2, 0) is 14.3 Å². The van der Waals surface area contributed by atoms with E-state index >= 15 is 0 Å². The second kappa shape index (κ2) is 11.7. The summed E-state index contributed by atoms with van der Waals surface area (Å²) in [5.74, 6) is -1.00. The molecule has 8 heteroatoms. The largest absolute Gasteiger partial charge is 0.462 e. The molecule has 1 aliphatic rings. The van der Waals surface area contributed by atoms with Gasteiger partial charge in [0.2, 0.25) is 0 Å². The Morgan fingerprint density at radius 3 is 2.19 bits per heavy atom. The summed E-state index contributed by atoms with van der Waals surface area (Å²) >= 11 is 7.22. The van der Waals surface area contributed by atoms with E-state index in [1.807, 2.05) is 31.2 Å². The van der Waals surface area contributed by atoms with Crippen molar-refractivity contribution in [2.24, 2.45) is 0 Å². The Morgan fingerprint density at radius 2 is 1.59 bits per heavy atom. The SMILES string of the molecule is CCCOC(=O)c1ccc(N2C(=O)C(Nc3ccc(C(C)C)cc3)=C(Sc3ccc(Cl)cc3)C2=O)cc1. The molecule has 0 radical (unpaired) electrons. The Bertz CT molecular complexity index is 1330. The number of benzene rings is 3. The quantitative estimate of drug-likeness (QED) is 0.235. The number of ether oxygens (including phenoxy) is 1. The highest BCUT2D eigenvalue weighted by Gasteiger charge is 2.40. The smallest absolute Gasteiger partial charge is 0.338 e.